The maximum atomic E-state index is 13.8. The maximum Gasteiger partial charge on any atom is 0.262 e. The maximum absolute atomic E-state index is 13.8. The van der Waals surface area contributed by atoms with Crippen LogP contribution in [-0.4, -0.2) is 26.7 Å². The third kappa shape index (κ3) is 4.83. The Bertz CT molecular complexity index is 1060. The van der Waals surface area contributed by atoms with Crippen LogP contribution in [0.25, 0.3) is 5.57 Å². The normalized spacial score (nSPS) is 14.5. The number of carbonyl (C=O) groups is 1. The summed E-state index contributed by atoms with van der Waals surface area (Å²) in [4.78, 5) is 16.4. The van der Waals surface area contributed by atoms with E-state index in [1.165, 1.54) is 30.3 Å². The van der Waals surface area contributed by atoms with Gasteiger partial charge in [0.15, 0.2) is 0 Å². The molecule has 6 nitrogen and oxygen atoms in total. The van der Waals surface area contributed by atoms with E-state index >= 15 is 0 Å². The number of halogens is 1. The van der Waals surface area contributed by atoms with E-state index in [1.54, 1.807) is 31.2 Å². The number of anilines is 1. The zero-order valence-corrected chi connectivity index (χ0v) is 16.1. The molecule has 2 aromatic carbocycles. The number of hydrogen-bond donors (Lipinski definition) is 2. The first-order valence-electron chi connectivity index (χ1n) is 8.75. The number of nitrogens with zero attached hydrogens (tertiary/aromatic N) is 1. The molecule has 0 saturated carbocycles. The van der Waals surface area contributed by atoms with Crippen molar-refractivity contribution < 1.29 is 17.6 Å². The Morgan fingerprint density at radius 1 is 1.18 bits per heavy atom. The summed E-state index contributed by atoms with van der Waals surface area (Å²) in [5.41, 5.74) is 1.11. The van der Waals surface area contributed by atoms with E-state index in [9.17, 15) is 17.6 Å². The number of sulfonamides is 1. The van der Waals surface area contributed by atoms with Crippen molar-refractivity contribution in [1.29, 1.82) is 0 Å². The van der Waals surface area contributed by atoms with Crippen molar-refractivity contribution in [2.24, 2.45) is 4.99 Å². The second-order valence-corrected chi connectivity index (χ2v) is 8.04. The first-order valence-corrected chi connectivity index (χ1v) is 10.2. The number of benzene rings is 2. The zero-order chi connectivity index (χ0) is 20.1. The van der Waals surface area contributed by atoms with E-state index in [4.69, 9.17) is 0 Å². The highest BCUT2D eigenvalue weighted by Crippen LogP contribution is 2.19. The van der Waals surface area contributed by atoms with Gasteiger partial charge in [-0.05, 0) is 43.2 Å². The lowest BCUT2D eigenvalue weighted by Gasteiger charge is -2.10. The molecule has 0 fully saturated rings. The highest BCUT2D eigenvalue weighted by molar-refractivity contribution is 7.90. The second kappa shape index (κ2) is 8.35. The number of rotatable bonds is 5. The number of nitrogens with one attached hydrogen (secondary N) is 2. The minimum Gasteiger partial charge on any atom is -0.322 e. The fraction of sp³-hybridized carbons (Fsp3) is 0.200. The SMILES string of the molecule is C/C(=C/C(=O)Nc1cccc(S(=O)(=O)NC2=NCCC2)c1)c1ccccc1F. The van der Waals surface area contributed by atoms with Crippen LogP contribution in [0.4, 0.5) is 10.1 Å². The summed E-state index contributed by atoms with van der Waals surface area (Å²) in [6.07, 6.45) is 2.68. The molecule has 1 aliphatic rings. The highest BCUT2D eigenvalue weighted by atomic mass is 32.2. The molecular formula is C20H20FN3O3S. The predicted molar refractivity (Wildman–Crippen MR) is 107 cm³/mol. The van der Waals surface area contributed by atoms with Gasteiger partial charge >= 0.3 is 0 Å². The average Bonchev–Trinajstić information content (AvgIpc) is 3.14. The Hall–Kier alpha value is -3.00. The lowest BCUT2D eigenvalue weighted by atomic mass is 10.1. The molecule has 0 aliphatic carbocycles. The Morgan fingerprint density at radius 2 is 1.96 bits per heavy atom. The van der Waals surface area contributed by atoms with Gasteiger partial charge in [0, 0.05) is 30.3 Å². The van der Waals surface area contributed by atoms with Crippen LogP contribution in [0.15, 0.2) is 64.5 Å². The molecule has 2 N–H and O–H groups in total. The third-order valence-electron chi connectivity index (χ3n) is 4.18. The minimum atomic E-state index is -3.77. The number of allylic oxidation sites excluding steroid dienone is 1. The van der Waals surface area contributed by atoms with Crippen LogP contribution >= 0.6 is 0 Å². The van der Waals surface area contributed by atoms with Crippen molar-refractivity contribution in [1.82, 2.24) is 4.72 Å². The van der Waals surface area contributed by atoms with Crippen LogP contribution in [0.2, 0.25) is 0 Å². The van der Waals surface area contributed by atoms with Crippen LogP contribution in [0.5, 0.6) is 0 Å². The second-order valence-electron chi connectivity index (χ2n) is 6.36. The summed E-state index contributed by atoms with van der Waals surface area (Å²) in [5, 5.41) is 2.61. The highest BCUT2D eigenvalue weighted by Gasteiger charge is 2.18. The van der Waals surface area contributed by atoms with E-state index in [2.05, 4.69) is 15.0 Å². The molecule has 0 bridgehead atoms. The molecule has 1 amide bonds. The van der Waals surface area contributed by atoms with Crippen molar-refractivity contribution in [3.63, 3.8) is 0 Å². The number of aliphatic imine (C=N–C) groups is 1. The molecule has 0 atom stereocenters. The van der Waals surface area contributed by atoms with Crippen LogP contribution in [0.3, 0.4) is 0 Å². The zero-order valence-electron chi connectivity index (χ0n) is 15.3. The summed E-state index contributed by atoms with van der Waals surface area (Å²) >= 11 is 0. The number of carbonyl (C=O) groups excluding carboxylic acids is 1. The molecule has 0 saturated heterocycles. The molecule has 3 rings (SSSR count). The monoisotopic (exact) mass is 401 g/mol. The van der Waals surface area contributed by atoms with Crippen molar-refractivity contribution in [3.05, 3.63) is 66.0 Å². The third-order valence-corrected chi connectivity index (χ3v) is 5.56. The molecular weight excluding hydrogens is 381 g/mol. The van der Waals surface area contributed by atoms with Gasteiger partial charge in [-0.25, -0.2) is 12.8 Å². The summed E-state index contributed by atoms with van der Waals surface area (Å²) in [7, 11) is -3.77. The van der Waals surface area contributed by atoms with Gasteiger partial charge in [0.1, 0.15) is 11.7 Å². The van der Waals surface area contributed by atoms with Gasteiger partial charge in [0.05, 0.1) is 4.90 Å². The largest absolute Gasteiger partial charge is 0.322 e. The summed E-state index contributed by atoms with van der Waals surface area (Å²) in [5.74, 6) is -0.459. The number of amides is 1. The van der Waals surface area contributed by atoms with Gasteiger partial charge in [-0.15, -0.1) is 0 Å². The molecule has 0 spiro atoms. The van der Waals surface area contributed by atoms with Gasteiger partial charge in [-0.3, -0.25) is 14.5 Å². The van der Waals surface area contributed by atoms with Crippen LogP contribution in [-0.2, 0) is 14.8 Å². The Morgan fingerprint density at radius 3 is 2.68 bits per heavy atom. The Balaban J connectivity index is 1.74. The molecule has 8 heteroatoms. The Labute approximate surface area is 163 Å². The fourth-order valence-electron chi connectivity index (χ4n) is 2.81. The Kier molecular flexibility index (Phi) is 5.89. The summed E-state index contributed by atoms with van der Waals surface area (Å²) in [6.45, 7) is 2.24. The van der Waals surface area contributed by atoms with Crippen molar-refractivity contribution in [2.45, 2.75) is 24.7 Å². The molecule has 0 aromatic heterocycles. The van der Waals surface area contributed by atoms with Crippen molar-refractivity contribution in [2.75, 3.05) is 11.9 Å². The molecule has 0 radical (unpaired) electrons. The van der Waals surface area contributed by atoms with E-state index in [1.807, 2.05) is 0 Å². The number of hydrogen-bond acceptors (Lipinski definition) is 4. The lowest BCUT2D eigenvalue weighted by Crippen LogP contribution is -2.29. The van der Waals surface area contributed by atoms with E-state index in [0.717, 1.165) is 6.42 Å². The van der Waals surface area contributed by atoms with Gasteiger partial charge in [-0.2, -0.15) is 0 Å². The standard InChI is InChI=1S/C20H20FN3O3S/c1-14(17-8-2-3-9-18(17)21)12-20(25)23-15-6-4-7-16(13-15)28(26,27)24-19-10-5-11-22-19/h2-4,6-9,12-13H,5,10-11H2,1H3,(H,22,24)(H,23,25)/b14-12-. The topological polar surface area (TPSA) is 87.6 Å². The first-order chi connectivity index (χ1) is 13.3. The number of amidine groups is 1. The van der Waals surface area contributed by atoms with E-state index in [0.29, 0.717) is 35.6 Å². The molecule has 1 aliphatic heterocycles. The molecule has 1 heterocycles. The van der Waals surface area contributed by atoms with Gasteiger partial charge in [0.2, 0.25) is 5.91 Å². The smallest absolute Gasteiger partial charge is 0.262 e. The lowest BCUT2D eigenvalue weighted by molar-refractivity contribution is -0.111. The van der Waals surface area contributed by atoms with Crippen LogP contribution in [0, 0.1) is 5.82 Å². The van der Waals surface area contributed by atoms with Crippen LogP contribution in [0.1, 0.15) is 25.3 Å². The molecule has 0 unspecified atom stereocenters. The summed E-state index contributed by atoms with van der Waals surface area (Å²) < 4.78 is 41.2. The predicted octanol–water partition coefficient (Wildman–Crippen LogP) is 3.34. The summed E-state index contributed by atoms with van der Waals surface area (Å²) in [6, 6.07) is 12.1. The van der Waals surface area contributed by atoms with Gasteiger partial charge in [-0.1, -0.05) is 24.3 Å². The molecule has 146 valence electrons. The van der Waals surface area contributed by atoms with Crippen molar-refractivity contribution in [3.8, 4) is 0 Å². The molecule has 2 aromatic rings. The van der Waals surface area contributed by atoms with Gasteiger partial charge < -0.3 is 5.32 Å². The minimum absolute atomic E-state index is 0.0229. The first kappa shape index (κ1) is 19.8. The average molecular weight is 401 g/mol. The van der Waals surface area contributed by atoms with Crippen molar-refractivity contribution >= 4 is 33.0 Å². The fourth-order valence-corrected chi connectivity index (χ4v) is 3.95. The molecule has 28 heavy (non-hydrogen) atoms. The van der Waals surface area contributed by atoms with Gasteiger partial charge in [0.25, 0.3) is 10.0 Å². The van der Waals surface area contributed by atoms with Crippen LogP contribution < -0.4 is 10.0 Å². The quantitative estimate of drug-likeness (QED) is 0.754. The van der Waals surface area contributed by atoms with E-state index < -0.39 is 21.7 Å². The van der Waals surface area contributed by atoms with E-state index in [-0.39, 0.29) is 4.90 Å².